The Balaban J connectivity index is 1.78. The fourth-order valence-corrected chi connectivity index (χ4v) is 7.09. The SMILES string of the molecule is NC(=O)C[C@H](N)C(=O)N1CCC[C@H]1C(=O)N1CCC[C@H]1C(=O)N[C@@H](CCC(=O)O)C(=O)N[C@@H](CCCN=C(N)N)C(=O)N[C@@H](CO)C(=O)N1CCC[C@H]1C(=O)O. The molecule has 7 amide bonds. The van der Waals surface area contributed by atoms with Gasteiger partial charge < -0.3 is 68.9 Å². The fraction of sp³-hybridized carbons (Fsp3) is 0.697. The summed E-state index contributed by atoms with van der Waals surface area (Å²) in [6.07, 6.45) is 0.422. The number of aliphatic hydroxyl groups is 1. The Morgan fingerprint density at radius 1 is 0.696 bits per heavy atom. The molecule has 3 aliphatic heterocycles. The van der Waals surface area contributed by atoms with Crippen molar-refractivity contribution in [2.24, 2.45) is 27.9 Å². The molecule has 0 spiro atoms. The number of amides is 7. The van der Waals surface area contributed by atoms with E-state index in [0.717, 1.165) is 4.90 Å². The average molecular weight is 796 g/mol. The van der Waals surface area contributed by atoms with Crippen LogP contribution in [0, 0.1) is 0 Å². The van der Waals surface area contributed by atoms with Crippen LogP contribution in [0.1, 0.15) is 70.6 Å². The van der Waals surface area contributed by atoms with E-state index in [1.54, 1.807) is 0 Å². The number of nitrogens with zero attached hydrogens (tertiary/aromatic N) is 4. The van der Waals surface area contributed by atoms with Crippen molar-refractivity contribution < 1.29 is 58.5 Å². The first-order valence-electron chi connectivity index (χ1n) is 18.4. The number of aliphatic carboxylic acids is 2. The van der Waals surface area contributed by atoms with Crippen molar-refractivity contribution in [1.82, 2.24) is 30.7 Å². The normalized spacial score (nSPS) is 21.3. The molecule has 0 aromatic rings. The highest BCUT2D eigenvalue weighted by molar-refractivity contribution is 5.98. The van der Waals surface area contributed by atoms with Crippen LogP contribution in [0.25, 0.3) is 0 Å². The molecular weight excluding hydrogens is 742 g/mol. The zero-order valence-corrected chi connectivity index (χ0v) is 31.0. The Bertz CT molecular complexity index is 1540. The van der Waals surface area contributed by atoms with Gasteiger partial charge in [0.1, 0.15) is 36.3 Å². The lowest BCUT2D eigenvalue weighted by Gasteiger charge is -2.32. The Labute approximate surface area is 321 Å². The summed E-state index contributed by atoms with van der Waals surface area (Å²) in [6.45, 7) is -0.466. The second-order valence-electron chi connectivity index (χ2n) is 13.9. The van der Waals surface area contributed by atoms with Gasteiger partial charge in [0.25, 0.3) is 0 Å². The molecular formula is C33H53N11O12. The van der Waals surface area contributed by atoms with E-state index in [1.165, 1.54) is 9.80 Å². The van der Waals surface area contributed by atoms with E-state index in [0.29, 0.717) is 19.3 Å². The monoisotopic (exact) mass is 795 g/mol. The van der Waals surface area contributed by atoms with Crippen molar-refractivity contribution in [1.29, 1.82) is 0 Å². The predicted molar refractivity (Wildman–Crippen MR) is 193 cm³/mol. The summed E-state index contributed by atoms with van der Waals surface area (Å²) in [7, 11) is 0. The van der Waals surface area contributed by atoms with Crippen LogP contribution in [0.4, 0.5) is 0 Å². The van der Waals surface area contributed by atoms with Gasteiger partial charge in [-0.05, 0) is 57.8 Å². The fourth-order valence-electron chi connectivity index (χ4n) is 7.09. The van der Waals surface area contributed by atoms with Crippen molar-refractivity contribution in [3.63, 3.8) is 0 Å². The summed E-state index contributed by atoms with van der Waals surface area (Å²) in [5, 5.41) is 36.2. The van der Waals surface area contributed by atoms with Crippen molar-refractivity contribution in [2.45, 2.75) is 113 Å². The minimum absolute atomic E-state index is 0.0181. The Morgan fingerprint density at radius 2 is 1.23 bits per heavy atom. The summed E-state index contributed by atoms with van der Waals surface area (Å²) in [5.74, 6) is -8.34. The summed E-state index contributed by atoms with van der Waals surface area (Å²) in [5.41, 5.74) is 21.8. The van der Waals surface area contributed by atoms with Gasteiger partial charge in [-0.15, -0.1) is 0 Å². The zero-order valence-electron chi connectivity index (χ0n) is 31.0. The van der Waals surface area contributed by atoms with Gasteiger partial charge in [-0.1, -0.05) is 0 Å². The second kappa shape index (κ2) is 20.9. The van der Waals surface area contributed by atoms with Gasteiger partial charge in [0.15, 0.2) is 5.96 Å². The van der Waals surface area contributed by atoms with Crippen LogP contribution in [0.5, 0.6) is 0 Å². The number of guanidine groups is 1. The molecule has 3 aliphatic rings. The maximum Gasteiger partial charge on any atom is 0.326 e. The van der Waals surface area contributed by atoms with E-state index in [2.05, 4.69) is 20.9 Å². The van der Waals surface area contributed by atoms with Crippen molar-refractivity contribution in [2.75, 3.05) is 32.8 Å². The molecule has 0 aliphatic carbocycles. The summed E-state index contributed by atoms with van der Waals surface area (Å²) >= 11 is 0. The molecule has 3 rings (SSSR count). The number of aliphatic hydroxyl groups excluding tert-OH is 1. The van der Waals surface area contributed by atoms with E-state index in [9.17, 15) is 58.5 Å². The maximum atomic E-state index is 13.8. The van der Waals surface area contributed by atoms with E-state index < -0.39 is 121 Å². The number of carbonyl (C=O) groups excluding carboxylic acids is 7. The number of nitrogens with two attached hydrogens (primary N) is 4. The Morgan fingerprint density at radius 3 is 1.79 bits per heavy atom. The minimum Gasteiger partial charge on any atom is -0.481 e. The van der Waals surface area contributed by atoms with Crippen LogP contribution >= 0.6 is 0 Å². The van der Waals surface area contributed by atoms with Gasteiger partial charge in [0.05, 0.1) is 19.1 Å². The number of carboxylic acid groups (broad SMARTS) is 2. The van der Waals surface area contributed by atoms with E-state index in [-0.39, 0.29) is 64.2 Å². The molecule has 0 bridgehead atoms. The van der Waals surface area contributed by atoms with Crippen LogP contribution in [0.15, 0.2) is 4.99 Å². The van der Waals surface area contributed by atoms with Gasteiger partial charge in [0, 0.05) is 32.6 Å². The molecule has 0 aromatic heterocycles. The Hall–Kier alpha value is -5.58. The van der Waals surface area contributed by atoms with Gasteiger partial charge in [-0.2, -0.15) is 0 Å². The van der Waals surface area contributed by atoms with E-state index in [1.807, 2.05) is 0 Å². The highest BCUT2D eigenvalue weighted by Gasteiger charge is 2.44. The quantitative estimate of drug-likeness (QED) is 0.0312. The van der Waals surface area contributed by atoms with Crippen molar-refractivity contribution in [3.8, 4) is 0 Å². The highest BCUT2D eigenvalue weighted by Crippen LogP contribution is 2.26. The van der Waals surface area contributed by atoms with Crippen molar-refractivity contribution in [3.05, 3.63) is 0 Å². The number of hydrogen-bond donors (Lipinski definition) is 10. The molecule has 3 heterocycles. The first-order chi connectivity index (χ1) is 26.5. The predicted octanol–water partition coefficient (Wildman–Crippen LogP) is -5.39. The van der Waals surface area contributed by atoms with Gasteiger partial charge >= 0.3 is 11.9 Å². The molecule has 56 heavy (non-hydrogen) atoms. The highest BCUT2D eigenvalue weighted by atomic mass is 16.4. The number of hydrogen-bond acceptors (Lipinski definition) is 12. The molecule has 3 fully saturated rings. The first kappa shape index (κ1) is 44.8. The van der Waals surface area contributed by atoms with Crippen molar-refractivity contribution >= 4 is 59.2 Å². The largest absolute Gasteiger partial charge is 0.481 e. The smallest absolute Gasteiger partial charge is 0.326 e. The number of aliphatic imine (C=N–C) groups is 1. The van der Waals surface area contributed by atoms with Gasteiger partial charge in [-0.3, -0.25) is 43.3 Å². The topological polar surface area (TPSA) is 377 Å². The van der Waals surface area contributed by atoms with E-state index >= 15 is 0 Å². The molecule has 0 unspecified atom stereocenters. The molecule has 0 saturated carbocycles. The van der Waals surface area contributed by atoms with E-state index in [4.69, 9.17) is 22.9 Å². The molecule has 23 heteroatoms. The molecule has 312 valence electrons. The molecule has 0 aromatic carbocycles. The molecule has 23 nitrogen and oxygen atoms in total. The number of carboxylic acids is 2. The maximum absolute atomic E-state index is 13.8. The number of nitrogens with one attached hydrogen (secondary N) is 3. The summed E-state index contributed by atoms with van der Waals surface area (Å²) < 4.78 is 0. The number of primary amides is 1. The van der Waals surface area contributed by atoms with Crippen LogP contribution in [0.3, 0.4) is 0 Å². The van der Waals surface area contributed by atoms with Crippen LogP contribution in [-0.4, -0.2) is 164 Å². The van der Waals surface area contributed by atoms with Crippen LogP contribution in [0.2, 0.25) is 0 Å². The van der Waals surface area contributed by atoms with Gasteiger partial charge in [-0.25, -0.2) is 4.79 Å². The lowest BCUT2D eigenvalue weighted by atomic mass is 10.1. The lowest BCUT2D eigenvalue weighted by Crippen LogP contribution is -2.60. The average Bonchev–Trinajstić information content (AvgIpc) is 3.93. The summed E-state index contributed by atoms with van der Waals surface area (Å²) in [6, 6.07) is -9.01. The Kier molecular flexibility index (Phi) is 16.7. The number of rotatable bonds is 20. The second-order valence-corrected chi connectivity index (χ2v) is 13.9. The number of carbonyl (C=O) groups is 9. The third-order valence-corrected chi connectivity index (χ3v) is 9.87. The van der Waals surface area contributed by atoms with Crippen LogP contribution < -0.4 is 38.9 Å². The zero-order chi connectivity index (χ0) is 41.7. The molecule has 7 atom stereocenters. The summed E-state index contributed by atoms with van der Waals surface area (Å²) in [4.78, 5) is 123. The standard InChI is InChI=1S/C33H53N11O12/c34-17(15-24(35)46)29(52)43-13-3-7-22(43)31(54)42-12-2-6-21(42)28(51)40-19(9-10-25(47)48)27(50)39-18(5-1-11-38-33(36)37)26(49)41-20(16-45)30(53)44-14-4-8-23(44)32(55)56/h17-23,45H,1-16,34H2,(H2,35,46)(H,39,50)(H,40,51)(H,41,49)(H,47,48)(H,55,56)(H4,36,37,38)/t17-,18-,19-,20-,21-,22-,23-/m0/s1. The molecule has 14 N–H and O–H groups in total. The number of likely N-dealkylation sites (tertiary alicyclic amines) is 3. The lowest BCUT2D eigenvalue weighted by molar-refractivity contribution is -0.150. The van der Waals surface area contributed by atoms with Crippen LogP contribution in [-0.2, 0) is 43.2 Å². The van der Waals surface area contributed by atoms with Gasteiger partial charge in [0.2, 0.25) is 41.4 Å². The first-order valence-corrected chi connectivity index (χ1v) is 18.4. The minimum atomic E-state index is -1.57. The third-order valence-electron chi connectivity index (χ3n) is 9.87. The molecule has 3 saturated heterocycles. The third kappa shape index (κ3) is 12.2. The molecule has 0 radical (unpaired) electrons.